The monoisotopic (exact) mass is 466 g/mol. The predicted molar refractivity (Wildman–Crippen MR) is 118 cm³/mol. The van der Waals surface area contributed by atoms with E-state index in [2.05, 4.69) is 66.3 Å². The number of hydrogen-bond donors (Lipinski definition) is 1. The molecule has 140 valence electrons. The van der Waals surface area contributed by atoms with Gasteiger partial charge in [0.05, 0.1) is 6.54 Å². The van der Waals surface area contributed by atoms with Crippen molar-refractivity contribution >= 4 is 40.9 Å². The molecular weight excluding hydrogens is 439 g/mol. The topological polar surface area (TPSA) is 45.7 Å². The quantitative estimate of drug-likeness (QED) is 0.339. The van der Waals surface area contributed by atoms with E-state index in [1.54, 1.807) is 0 Å². The zero-order valence-electron chi connectivity index (χ0n) is 15.6. The number of benzene rings is 1. The number of aryl methyl sites for hydroxylation is 1. The maximum atomic E-state index is 5.86. The molecular formula is C20H27IN4O. The second kappa shape index (κ2) is 9.66. The standard InChI is InChI=1S/C20H26N4O.HI/c1-4-21-20(24(3)15-17-9-7-13-23(17)2)22-12-11-18-14-16-8-5-6-10-19(16)25-18;/h5-10,13-14H,4,11-12,15H2,1-3H3,(H,21,22);1H. The molecule has 1 N–H and O–H groups in total. The molecule has 0 fully saturated rings. The second-order valence-electron chi connectivity index (χ2n) is 6.20. The molecule has 0 saturated heterocycles. The van der Waals surface area contributed by atoms with Crippen LogP contribution in [0.4, 0.5) is 0 Å². The van der Waals surface area contributed by atoms with Crippen molar-refractivity contribution in [3.8, 4) is 0 Å². The maximum absolute atomic E-state index is 5.86. The summed E-state index contributed by atoms with van der Waals surface area (Å²) in [6.45, 7) is 4.45. The fourth-order valence-electron chi connectivity index (χ4n) is 2.88. The SMILES string of the molecule is CCNC(=NCCc1cc2ccccc2o1)N(C)Cc1cccn1C.I. The zero-order valence-corrected chi connectivity index (χ0v) is 17.9. The lowest BCUT2D eigenvalue weighted by molar-refractivity contribution is 0.461. The summed E-state index contributed by atoms with van der Waals surface area (Å²) < 4.78 is 8.00. The molecule has 3 rings (SSSR count). The van der Waals surface area contributed by atoms with Crippen LogP contribution in [0.1, 0.15) is 18.4 Å². The first-order valence-electron chi connectivity index (χ1n) is 8.74. The summed E-state index contributed by atoms with van der Waals surface area (Å²) in [5, 5.41) is 4.51. The maximum Gasteiger partial charge on any atom is 0.194 e. The Morgan fingerprint density at radius 1 is 1.23 bits per heavy atom. The summed E-state index contributed by atoms with van der Waals surface area (Å²) in [7, 11) is 4.13. The van der Waals surface area contributed by atoms with E-state index in [1.165, 1.54) is 5.69 Å². The number of nitrogens with zero attached hydrogens (tertiary/aromatic N) is 3. The van der Waals surface area contributed by atoms with Gasteiger partial charge < -0.3 is 19.2 Å². The van der Waals surface area contributed by atoms with E-state index in [-0.39, 0.29) is 24.0 Å². The van der Waals surface area contributed by atoms with Gasteiger partial charge in [0, 0.05) is 50.9 Å². The van der Waals surface area contributed by atoms with Crippen LogP contribution in [0.15, 0.2) is 58.1 Å². The third-order valence-electron chi connectivity index (χ3n) is 4.24. The number of nitrogens with one attached hydrogen (secondary N) is 1. The zero-order chi connectivity index (χ0) is 17.6. The van der Waals surface area contributed by atoms with Gasteiger partial charge in [-0.1, -0.05) is 18.2 Å². The summed E-state index contributed by atoms with van der Waals surface area (Å²) in [6, 6.07) is 14.4. The highest BCUT2D eigenvalue weighted by Gasteiger charge is 2.08. The van der Waals surface area contributed by atoms with E-state index >= 15 is 0 Å². The number of fused-ring (bicyclic) bond motifs is 1. The number of para-hydroxylation sites is 1. The van der Waals surface area contributed by atoms with Gasteiger partial charge in [-0.25, -0.2) is 0 Å². The highest BCUT2D eigenvalue weighted by Crippen LogP contribution is 2.19. The van der Waals surface area contributed by atoms with Gasteiger partial charge in [0.15, 0.2) is 5.96 Å². The molecule has 0 spiro atoms. The Hall–Kier alpha value is -1.96. The molecule has 1 aromatic carbocycles. The van der Waals surface area contributed by atoms with Gasteiger partial charge in [-0.15, -0.1) is 24.0 Å². The van der Waals surface area contributed by atoms with Crippen LogP contribution < -0.4 is 5.32 Å². The van der Waals surface area contributed by atoms with Gasteiger partial charge in [-0.05, 0) is 31.2 Å². The van der Waals surface area contributed by atoms with Crippen LogP contribution in [-0.2, 0) is 20.0 Å². The van der Waals surface area contributed by atoms with Gasteiger partial charge in [0.25, 0.3) is 0 Å². The van der Waals surface area contributed by atoms with Crippen molar-refractivity contribution in [2.45, 2.75) is 19.9 Å². The molecule has 0 aliphatic carbocycles. The molecule has 0 bridgehead atoms. The van der Waals surface area contributed by atoms with Crippen LogP contribution in [0.5, 0.6) is 0 Å². The fraction of sp³-hybridized carbons (Fsp3) is 0.350. The molecule has 0 saturated carbocycles. The van der Waals surface area contributed by atoms with Crippen LogP contribution in [-0.4, -0.2) is 35.6 Å². The second-order valence-corrected chi connectivity index (χ2v) is 6.20. The van der Waals surface area contributed by atoms with Crippen LogP contribution in [0.25, 0.3) is 11.0 Å². The molecule has 0 aliphatic rings. The van der Waals surface area contributed by atoms with E-state index in [0.29, 0.717) is 6.54 Å². The Morgan fingerprint density at radius 2 is 2.04 bits per heavy atom. The first kappa shape index (κ1) is 20.4. The fourth-order valence-corrected chi connectivity index (χ4v) is 2.88. The number of aliphatic imine (C=N–C) groups is 1. The van der Waals surface area contributed by atoms with Crippen molar-refractivity contribution in [3.63, 3.8) is 0 Å². The molecule has 3 aromatic rings. The molecule has 2 heterocycles. The highest BCUT2D eigenvalue weighted by atomic mass is 127. The third-order valence-corrected chi connectivity index (χ3v) is 4.24. The number of furan rings is 1. The summed E-state index contributed by atoms with van der Waals surface area (Å²) in [4.78, 5) is 6.90. The van der Waals surface area contributed by atoms with Crippen molar-refractivity contribution in [1.82, 2.24) is 14.8 Å². The summed E-state index contributed by atoms with van der Waals surface area (Å²) >= 11 is 0. The highest BCUT2D eigenvalue weighted by molar-refractivity contribution is 14.0. The Bertz CT molecular complexity index is 819. The Kier molecular flexibility index (Phi) is 7.56. The molecule has 0 atom stereocenters. The minimum absolute atomic E-state index is 0. The lowest BCUT2D eigenvalue weighted by Gasteiger charge is -2.22. The number of hydrogen-bond acceptors (Lipinski definition) is 2. The van der Waals surface area contributed by atoms with Crippen LogP contribution in [0.3, 0.4) is 0 Å². The number of rotatable bonds is 6. The van der Waals surface area contributed by atoms with Gasteiger partial charge >= 0.3 is 0 Å². The molecule has 6 heteroatoms. The molecule has 0 amide bonds. The molecule has 26 heavy (non-hydrogen) atoms. The minimum Gasteiger partial charge on any atom is -0.461 e. The minimum atomic E-state index is 0. The van der Waals surface area contributed by atoms with Crippen molar-refractivity contribution in [1.29, 1.82) is 0 Å². The van der Waals surface area contributed by atoms with E-state index in [0.717, 1.165) is 42.2 Å². The lowest BCUT2D eigenvalue weighted by atomic mass is 10.2. The van der Waals surface area contributed by atoms with Crippen molar-refractivity contribution in [2.75, 3.05) is 20.1 Å². The predicted octanol–water partition coefficient (Wildman–Crippen LogP) is 4.03. The first-order valence-corrected chi connectivity index (χ1v) is 8.74. The van der Waals surface area contributed by atoms with E-state index in [9.17, 15) is 0 Å². The summed E-state index contributed by atoms with van der Waals surface area (Å²) in [5.41, 5.74) is 2.19. The van der Waals surface area contributed by atoms with Crippen LogP contribution >= 0.6 is 24.0 Å². The third kappa shape index (κ3) is 5.03. The van der Waals surface area contributed by atoms with Gasteiger partial charge in [0.1, 0.15) is 11.3 Å². The smallest absolute Gasteiger partial charge is 0.194 e. The summed E-state index contributed by atoms with van der Waals surface area (Å²) in [5.74, 6) is 1.89. The lowest BCUT2D eigenvalue weighted by Crippen LogP contribution is -2.39. The van der Waals surface area contributed by atoms with Gasteiger partial charge in [-0.3, -0.25) is 4.99 Å². The average molecular weight is 466 g/mol. The van der Waals surface area contributed by atoms with Crippen LogP contribution in [0, 0.1) is 0 Å². The number of aromatic nitrogens is 1. The van der Waals surface area contributed by atoms with Crippen molar-refractivity contribution in [2.24, 2.45) is 12.0 Å². The largest absolute Gasteiger partial charge is 0.461 e. The average Bonchev–Trinajstić information content (AvgIpc) is 3.20. The Morgan fingerprint density at radius 3 is 2.73 bits per heavy atom. The Balaban J connectivity index is 0.00000243. The normalized spacial score (nSPS) is 11.4. The Labute approximate surface area is 172 Å². The summed E-state index contributed by atoms with van der Waals surface area (Å²) in [6.07, 6.45) is 2.86. The van der Waals surface area contributed by atoms with Crippen molar-refractivity contribution < 1.29 is 4.42 Å². The first-order chi connectivity index (χ1) is 12.2. The van der Waals surface area contributed by atoms with E-state index in [1.807, 2.05) is 18.2 Å². The molecule has 0 radical (unpaired) electrons. The number of guanidine groups is 1. The van der Waals surface area contributed by atoms with E-state index in [4.69, 9.17) is 9.41 Å². The molecule has 0 unspecified atom stereocenters. The molecule has 0 aliphatic heterocycles. The van der Waals surface area contributed by atoms with Gasteiger partial charge in [-0.2, -0.15) is 0 Å². The number of halogens is 1. The molecule has 5 nitrogen and oxygen atoms in total. The van der Waals surface area contributed by atoms with Crippen LogP contribution in [0.2, 0.25) is 0 Å². The van der Waals surface area contributed by atoms with E-state index < -0.39 is 0 Å². The van der Waals surface area contributed by atoms with Crippen molar-refractivity contribution in [3.05, 3.63) is 60.1 Å². The van der Waals surface area contributed by atoms with Gasteiger partial charge in [0.2, 0.25) is 0 Å². The molecule has 2 aromatic heterocycles.